The molecule has 0 aliphatic rings. The number of nitrogens with zero attached hydrogens (tertiary/aromatic N) is 2. The molecule has 5 heteroatoms. The summed E-state index contributed by atoms with van der Waals surface area (Å²) in [5.41, 5.74) is -0.0897. The van der Waals surface area contributed by atoms with Gasteiger partial charge in [-0.05, 0) is 22.9 Å². The molecule has 0 fully saturated rings. The van der Waals surface area contributed by atoms with E-state index in [0.717, 1.165) is 4.48 Å². The lowest BCUT2D eigenvalue weighted by Crippen LogP contribution is -2.24. The third-order valence-electron chi connectivity index (χ3n) is 1.53. The molecule has 13 heavy (non-hydrogen) atoms. The highest BCUT2D eigenvalue weighted by Crippen LogP contribution is 2.07. The van der Waals surface area contributed by atoms with Gasteiger partial charge in [0, 0.05) is 10.7 Å². The molecule has 3 nitrogen and oxygen atoms in total. The Morgan fingerprint density at radius 3 is 2.92 bits per heavy atom. The lowest BCUT2D eigenvalue weighted by atomic mass is 10.5. The number of aryl methyl sites for hydroxylation is 1. The van der Waals surface area contributed by atoms with Crippen molar-refractivity contribution in [2.45, 2.75) is 13.5 Å². The molecule has 0 aliphatic heterocycles. The Bertz CT molecular complexity index is 398. The number of hydrogen-bond acceptors (Lipinski definition) is 2. The molecule has 1 aromatic rings. The minimum absolute atomic E-state index is 0.0897. The maximum absolute atomic E-state index is 11.5. The van der Waals surface area contributed by atoms with Crippen molar-refractivity contribution in [1.82, 2.24) is 9.55 Å². The van der Waals surface area contributed by atoms with E-state index >= 15 is 0 Å². The van der Waals surface area contributed by atoms with Crippen LogP contribution >= 0.6 is 31.9 Å². The molecule has 0 bridgehead atoms. The molecular weight excluding hydrogens is 300 g/mol. The lowest BCUT2D eigenvalue weighted by molar-refractivity contribution is 0.706. The van der Waals surface area contributed by atoms with Crippen LogP contribution in [-0.4, -0.2) is 9.55 Å². The summed E-state index contributed by atoms with van der Waals surface area (Å²) in [5, 5.41) is 0. The summed E-state index contributed by atoms with van der Waals surface area (Å²) < 4.78 is 2.76. The number of hydrogen-bond donors (Lipinski definition) is 0. The Balaban J connectivity index is 3.26. The third kappa shape index (κ3) is 2.51. The van der Waals surface area contributed by atoms with Gasteiger partial charge in [-0.2, -0.15) is 0 Å². The van der Waals surface area contributed by atoms with E-state index in [2.05, 4.69) is 43.4 Å². The second kappa shape index (κ2) is 4.19. The zero-order valence-corrected chi connectivity index (χ0v) is 10.2. The summed E-state index contributed by atoms with van der Waals surface area (Å²) in [4.78, 5) is 15.6. The van der Waals surface area contributed by atoms with Gasteiger partial charge >= 0.3 is 0 Å². The second-order valence-electron chi connectivity index (χ2n) is 2.56. The molecule has 0 saturated heterocycles. The van der Waals surface area contributed by atoms with Gasteiger partial charge in [0.1, 0.15) is 10.3 Å². The van der Waals surface area contributed by atoms with Crippen LogP contribution in [0.1, 0.15) is 5.82 Å². The Morgan fingerprint density at radius 2 is 2.38 bits per heavy atom. The molecule has 1 aromatic heterocycles. The molecular formula is C8H8Br2N2O. The van der Waals surface area contributed by atoms with Crippen molar-refractivity contribution in [2.75, 3.05) is 0 Å². The minimum Gasteiger partial charge on any atom is -0.291 e. The van der Waals surface area contributed by atoms with Crippen LogP contribution in [0.2, 0.25) is 0 Å². The normalized spacial score (nSPS) is 10.1. The first-order chi connectivity index (χ1) is 6.02. The molecule has 70 valence electrons. The van der Waals surface area contributed by atoms with E-state index in [-0.39, 0.29) is 5.56 Å². The summed E-state index contributed by atoms with van der Waals surface area (Å²) in [6, 6.07) is 0. The maximum Gasteiger partial charge on any atom is 0.268 e. The standard InChI is InChI=1S/C8H8Br2N2O/c1-5(9)4-12-6(2)11-3-7(10)8(12)13/h3H,1,4H2,2H3. The van der Waals surface area contributed by atoms with Crippen LogP contribution in [0, 0.1) is 6.92 Å². The average Bonchev–Trinajstić information content (AvgIpc) is 2.05. The van der Waals surface area contributed by atoms with Crippen LogP contribution in [0.5, 0.6) is 0 Å². The fourth-order valence-corrected chi connectivity index (χ4v) is 1.48. The summed E-state index contributed by atoms with van der Waals surface area (Å²) in [7, 11) is 0. The zero-order chi connectivity index (χ0) is 10.0. The van der Waals surface area contributed by atoms with E-state index in [0.29, 0.717) is 16.8 Å². The first-order valence-corrected chi connectivity index (χ1v) is 5.16. The first-order valence-electron chi connectivity index (χ1n) is 3.57. The number of aromatic nitrogens is 2. The van der Waals surface area contributed by atoms with Crippen molar-refractivity contribution in [3.63, 3.8) is 0 Å². The van der Waals surface area contributed by atoms with Crippen LogP contribution in [0.3, 0.4) is 0 Å². The first kappa shape index (κ1) is 10.7. The molecule has 0 atom stereocenters. The Morgan fingerprint density at radius 1 is 1.77 bits per heavy atom. The zero-order valence-electron chi connectivity index (χ0n) is 7.05. The smallest absolute Gasteiger partial charge is 0.268 e. The monoisotopic (exact) mass is 306 g/mol. The molecule has 0 aliphatic carbocycles. The quantitative estimate of drug-likeness (QED) is 0.840. The van der Waals surface area contributed by atoms with Crippen molar-refractivity contribution >= 4 is 31.9 Å². The largest absolute Gasteiger partial charge is 0.291 e. The van der Waals surface area contributed by atoms with Crippen molar-refractivity contribution in [1.29, 1.82) is 0 Å². The fraction of sp³-hybridized carbons (Fsp3) is 0.250. The average molecular weight is 308 g/mol. The summed E-state index contributed by atoms with van der Waals surface area (Å²) >= 11 is 6.34. The fourth-order valence-electron chi connectivity index (χ4n) is 0.909. The predicted octanol–water partition coefficient (Wildman–Crippen LogP) is 2.22. The molecule has 0 radical (unpaired) electrons. The highest BCUT2D eigenvalue weighted by atomic mass is 79.9. The van der Waals surface area contributed by atoms with Gasteiger partial charge in [0.15, 0.2) is 0 Å². The van der Waals surface area contributed by atoms with E-state index in [9.17, 15) is 4.79 Å². The van der Waals surface area contributed by atoms with Crippen molar-refractivity contribution in [3.05, 3.63) is 37.9 Å². The van der Waals surface area contributed by atoms with Crippen LogP contribution in [0.15, 0.2) is 26.5 Å². The van der Waals surface area contributed by atoms with E-state index in [1.165, 1.54) is 6.20 Å². The molecule has 0 saturated carbocycles. The van der Waals surface area contributed by atoms with Gasteiger partial charge in [0.2, 0.25) is 0 Å². The van der Waals surface area contributed by atoms with Crippen LogP contribution in [-0.2, 0) is 6.54 Å². The summed E-state index contributed by atoms with van der Waals surface area (Å²) in [6.45, 7) is 5.90. The topological polar surface area (TPSA) is 34.9 Å². The number of allylic oxidation sites excluding steroid dienone is 1. The second-order valence-corrected chi connectivity index (χ2v) is 4.54. The molecule has 0 spiro atoms. The molecule has 1 heterocycles. The van der Waals surface area contributed by atoms with E-state index in [1.54, 1.807) is 11.5 Å². The highest BCUT2D eigenvalue weighted by molar-refractivity contribution is 9.11. The highest BCUT2D eigenvalue weighted by Gasteiger charge is 2.04. The minimum atomic E-state index is -0.0897. The van der Waals surface area contributed by atoms with Crippen molar-refractivity contribution in [2.24, 2.45) is 0 Å². The molecule has 1 rings (SSSR count). The SMILES string of the molecule is C=C(Br)Cn1c(C)ncc(Br)c1=O. The van der Waals surface area contributed by atoms with Gasteiger partial charge in [0.05, 0.1) is 6.54 Å². The van der Waals surface area contributed by atoms with Crippen LogP contribution < -0.4 is 5.56 Å². The van der Waals surface area contributed by atoms with Gasteiger partial charge in [0.25, 0.3) is 5.56 Å². The van der Waals surface area contributed by atoms with Gasteiger partial charge in [-0.1, -0.05) is 22.5 Å². The Hall–Kier alpha value is -0.420. The molecule has 0 amide bonds. The van der Waals surface area contributed by atoms with E-state index in [4.69, 9.17) is 0 Å². The maximum atomic E-state index is 11.5. The van der Waals surface area contributed by atoms with Gasteiger partial charge in [-0.3, -0.25) is 9.36 Å². The predicted molar refractivity (Wildman–Crippen MR) is 59.0 cm³/mol. The van der Waals surface area contributed by atoms with Gasteiger partial charge in [-0.25, -0.2) is 4.98 Å². The number of halogens is 2. The third-order valence-corrected chi connectivity index (χ3v) is 2.33. The van der Waals surface area contributed by atoms with Crippen molar-refractivity contribution < 1.29 is 0 Å². The van der Waals surface area contributed by atoms with Crippen molar-refractivity contribution in [3.8, 4) is 0 Å². The van der Waals surface area contributed by atoms with Gasteiger partial charge in [-0.15, -0.1) is 0 Å². The molecule has 0 unspecified atom stereocenters. The lowest BCUT2D eigenvalue weighted by Gasteiger charge is -2.07. The molecule has 0 N–H and O–H groups in total. The van der Waals surface area contributed by atoms with Gasteiger partial charge < -0.3 is 0 Å². The van der Waals surface area contributed by atoms with E-state index < -0.39 is 0 Å². The van der Waals surface area contributed by atoms with E-state index in [1.807, 2.05) is 0 Å². The Kier molecular flexibility index (Phi) is 3.44. The summed E-state index contributed by atoms with van der Waals surface area (Å²) in [6.07, 6.45) is 1.51. The van der Waals surface area contributed by atoms with Crippen LogP contribution in [0.4, 0.5) is 0 Å². The molecule has 0 aromatic carbocycles. The summed E-state index contributed by atoms with van der Waals surface area (Å²) in [5.74, 6) is 0.675. The number of rotatable bonds is 2. The van der Waals surface area contributed by atoms with Crippen LogP contribution in [0.25, 0.3) is 0 Å². The Labute approximate surface area is 92.7 Å².